The average Bonchev–Trinajstić information content (AvgIpc) is 2.32. The fraction of sp³-hybridized carbons (Fsp3) is 0.462. The zero-order valence-corrected chi connectivity index (χ0v) is 11.5. The van der Waals surface area contributed by atoms with Crippen LogP contribution in [0.3, 0.4) is 0 Å². The summed E-state index contributed by atoms with van der Waals surface area (Å²) >= 11 is 3.37. The van der Waals surface area contributed by atoms with Crippen LogP contribution in [0.2, 0.25) is 0 Å². The van der Waals surface area contributed by atoms with Crippen molar-refractivity contribution in [2.75, 3.05) is 11.9 Å². The topological polar surface area (TPSA) is 32.3 Å². The smallest absolute Gasteiger partial charge is 0.322 e. The number of amides is 2. The van der Waals surface area contributed by atoms with Crippen molar-refractivity contribution < 1.29 is 4.79 Å². The maximum atomic E-state index is 12.1. The molecule has 1 fully saturated rings. The molecule has 0 aliphatic carbocycles. The third kappa shape index (κ3) is 3.22. The Labute approximate surface area is 110 Å². The Hall–Kier alpha value is -1.03. The zero-order valence-electron chi connectivity index (χ0n) is 9.95. The molecular formula is C13H17BrN2O. The van der Waals surface area contributed by atoms with Crippen LogP contribution >= 0.6 is 15.9 Å². The first kappa shape index (κ1) is 12.4. The molecule has 0 bridgehead atoms. The summed E-state index contributed by atoms with van der Waals surface area (Å²) in [6.07, 6.45) is 3.44. The van der Waals surface area contributed by atoms with Gasteiger partial charge in [0.15, 0.2) is 0 Å². The van der Waals surface area contributed by atoms with Crippen LogP contribution < -0.4 is 5.32 Å². The first-order chi connectivity index (χ1) is 8.16. The SMILES string of the molecule is CC1CCCCN1C(=O)Nc1ccc(Br)cc1. The predicted molar refractivity (Wildman–Crippen MR) is 73.2 cm³/mol. The van der Waals surface area contributed by atoms with E-state index in [2.05, 4.69) is 28.2 Å². The molecule has 1 aromatic rings. The van der Waals surface area contributed by atoms with Crippen LogP contribution in [-0.2, 0) is 0 Å². The minimum Gasteiger partial charge on any atom is -0.322 e. The van der Waals surface area contributed by atoms with Crippen LogP contribution in [0, 0.1) is 0 Å². The molecular weight excluding hydrogens is 280 g/mol. The molecule has 1 aliphatic rings. The molecule has 1 atom stereocenters. The molecule has 1 aliphatic heterocycles. The summed E-state index contributed by atoms with van der Waals surface area (Å²) in [6.45, 7) is 2.98. The van der Waals surface area contributed by atoms with Crippen molar-refractivity contribution in [2.45, 2.75) is 32.2 Å². The molecule has 4 heteroatoms. The van der Waals surface area contributed by atoms with E-state index in [1.807, 2.05) is 29.2 Å². The van der Waals surface area contributed by atoms with Crippen LogP contribution in [-0.4, -0.2) is 23.5 Å². The number of carbonyl (C=O) groups is 1. The molecule has 0 spiro atoms. The van der Waals surface area contributed by atoms with E-state index in [-0.39, 0.29) is 6.03 Å². The lowest BCUT2D eigenvalue weighted by molar-refractivity contribution is 0.170. The maximum Gasteiger partial charge on any atom is 0.322 e. The molecule has 0 radical (unpaired) electrons. The highest BCUT2D eigenvalue weighted by molar-refractivity contribution is 9.10. The molecule has 1 unspecified atom stereocenters. The molecule has 1 saturated heterocycles. The number of carbonyl (C=O) groups excluding carboxylic acids is 1. The number of hydrogen-bond donors (Lipinski definition) is 1. The maximum absolute atomic E-state index is 12.1. The van der Waals surface area contributed by atoms with Gasteiger partial charge in [-0.3, -0.25) is 0 Å². The number of anilines is 1. The lowest BCUT2D eigenvalue weighted by atomic mass is 10.0. The van der Waals surface area contributed by atoms with E-state index < -0.39 is 0 Å². The van der Waals surface area contributed by atoms with Gasteiger partial charge in [0.25, 0.3) is 0 Å². The van der Waals surface area contributed by atoms with Gasteiger partial charge in [-0.2, -0.15) is 0 Å². The third-order valence-corrected chi connectivity index (χ3v) is 3.69. The zero-order chi connectivity index (χ0) is 12.3. The molecule has 92 valence electrons. The largest absolute Gasteiger partial charge is 0.322 e. The van der Waals surface area contributed by atoms with Gasteiger partial charge in [0.1, 0.15) is 0 Å². The molecule has 3 nitrogen and oxygen atoms in total. The van der Waals surface area contributed by atoms with Gasteiger partial charge in [-0.05, 0) is 50.5 Å². The highest BCUT2D eigenvalue weighted by Crippen LogP contribution is 2.19. The number of likely N-dealkylation sites (tertiary alicyclic amines) is 1. The molecule has 1 aromatic carbocycles. The van der Waals surface area contributed by atoms with Gasteiger partial charge in [0.2, 0.25) is 0 Å². The van der Waals surface area contributed by atoms with E-state index in [0.717, 1.165) is 29.5 Å². The average molecular weight is 297 g/mol. The van der Waals surface area contributed by atoms with E-state index in [4.69, 9.17) is 0 Å². The van der Waals surface area contributed by atoms with Crippen molar-refractivity contribution in [1.29, 1.82) is 0 Å². The molecule has 0 aromatic heterocycles. The summed E-state index contributed by atoms with van der Waals surface area (Å²) in [5, 5.41) is 2.94. The second kappa shape index (κ2) is 5.54. The highest BCUT2D eigenvalue weighted by Gasteiger charge is 2.22. The number of nitrogens with zero attached hydrogens (tertiary/aromatic N) is 1. The van der Waals surface area contributed by atoms with E-state index in [9.17, 15) is 4.79 Å². The van der Waals surface area contributed by atoms with Gasteiger partial charge < -0.3 is 10.2 Å². The molecule has 17 heavy (non-hydrogen) atoms. The fourth-order valence-corrected chi connectivity index (χ4v) is 2.39. The minimum atomic E-state index is 0.0134. The van der Waals surface area contributed by atoms with Crippen molar-refractivity contribution in [3.63, 3.8) is 0 Å². The number of hydrogen-bond acceptors (Lipinski definition) is 1. The summed E-state index contributed by atoms with van der Waals surface area (Å²) in [7, 11) is 0. The summed E-state index contributed by atoms with van der Waals surface area (Å²) in [4.78, 5) is 14.0. The van der Waals surface area contributed by atoms with Gasteiger partial charge in [-0.1, -0.05) is 15.9 Å². The van der Waals surface area contributed by atoms with Crippen molar-refractivity contribution in [2.24, 2.45) is 0 Å². The Morgan fingerprint density at radius 1 is 1.35 bits per heavy atom. The lowest BCUT2D eigenvalue weighted by Crippen LogP contribution is -2.44. The number of nitrogens with one attached hydrogen (secondary N) is 1. The summed E-state index contributed by atoms with van der Waals surface area (Å²) < 4.78 is 1.02. The summed E-state index contributed by atoms with van der Waals surface area (Å²) in [5.41, 5.74) is 0.843. The summed E-state index contributed by atoms with van der Waals surface area (Å²) in [6, 6.07) is 8.01. The second-order valence-electron chi connectivity index (χ2n) is 4.48. The Balaban J connectivity index is 1.98. The Morgan fingerprint density at radius 2 is 2.06 bits per heavy atom. The quantitative estimate of drug-likeness (QED) is 0.839. The van der Waals surface area contributed by atoms with Crippen molar-refractivity contribution in [3.05, 3.63) is 28.7 Å². The number of benzene rings is 1. The van der Waals surface area contributed by atoms with E-state index in [0.29, 0.717) is 6.04 Å². The fourth-order valence-electron chi connectivity index (χ4n) is 2.13. The van der Waals surface area contributed by atoms with Crippen molar-refractivity contribution >= 4 is 27.6 Å². The molecule has 2 amide bonds. The number of rotatable bonds is 1. The molecule has 0 saturated carbocycles. The molecule has 1 heterocycles. The van der Waals surface area contributed by atoms with E-state index >= 15 is 0 Å². The van der Waals surface area contributed by atoms with Crippen LogP contribution in [0.25, 0.3) is 0 Å². The number of halogens is 1. The molecule has 2 rings (SSSR count). The van der Waals surface area contributed by atoms with Crippen molar-refractivity contribution in [3.8, 4) is 0 Å². The van der Waals surface area contributed by atoms with Crippen LogP contribution in [0.15, 0.2) is 28.7 Å². The second-order valence-corrected chi connectivity index (χ2v) is 5.39. The lowest BCUT2D eigenvalue weighted by Gasteiger charge is -2.33. The van der Waals surface area contributed by atoms with E-state index in [1.165, 1.54) is 6.42 Å². The van der Waals surface area contributed by atoms with Gasteiger partial charge in [-0.15, -0.1) is 0 Å². The van der Waals surface area contributed by atoms with Gasteiger partial charge in [0.05, 0.1) is 0 Å². The number of urea groups is 1. The first-order valence-corrected chi connectivity index (χ1v) is 6.79. The predicted octanol–water partition coefficient (Wildman–Crippen LogP) is 3.86. The van der Waals surface area contributed by atoms with Gasteiger partial charge >= 0.3 is 6.03 Å². The van der Waals surface area contributed by atoms with Crippen LogP contribution in [0.1, 0.15) is 26.2 Å². The molecule has 1 N–H and O–H groups in total. The van der Waals surface area contributed by atoms with Crippen molar-refractivity contribution in [1.82, 2.24) is 4.90 Å². The highest BCUT2D eigenvalue weighted by atomic mass is 79.9. The monoisotopic (exact) mass is 296 g/mol. The number of piperidine rings is 1. The Bertz CT molecular complexity index is 391. The van der Waals surface area contributed by atoms with Gasteiger partial charge in [0, 0.05) is 22.7 Å². The first-order valence-electron chi connectivity index (χ1n) is 6.00. The third-order valence-electron chi connectivity index (χ3n) is 3.16. The Kier molecular flexibility index (Phi) is 4.05. The normalized spacial score (nSPS) is 20.1. The van der Waals surface area contributed by atoms with Crippen LogP contribution in [0.5, 0.6) is 0 Å². The standard InChI is InChI=1S/C13H17BrN2O/c1-10-4-2-3-9-16(10)13(17)15-12-7-5-11(14)6-8-12/h5-8,10H,2-4,9H2,1H3,(H,15,17). The summed E-state index contributed by atoms with van der Waals surface area (Å²) in [5.74, 6) is 0. The Morgan fingerprint density at radius 3 is 2.71 bits per heavy atom. The van der Waals surface area contributed by atoms with E-state index in [1.54, 1.807) is 0 Å². The van der Waals surface area contributed by atoms with Gasteiger partial charge in [-0.25, -0.2) is 4.79 Å². The minimum absolute atomic E-state index is 0.0134. The van der Waals surface area contributed by atoms with Crippen LogP contribution in [0.4, 0.5) is 10.5 Å².